The lowest BCUT2D eigenvalue weighted by molar-refractivity contribution is 0.584. The fourth-order valence-electron chi connectivity index (χ4n) is 16.8. The molecule has 17 aromatic carbocycles. The van der Waals surface area contributed by atoms with Gasteiger partial charge in [0.1, 0.15) is 0 Å². The highest BCUT2D eigenvalue weighted by Gasteiger charge is 2.22. The van der Waals surface area contributed by atoms with Crippen LogP contribution in [0.3, 0.4) is 0 Å². The minimum absolute atomic E-state index is 0.138. The molecular formula is C111H79N9O3. The van der Waals surface area contributed by atoms with Crippen molar-refractivity contribution in [2.45, 2.75) is 33.1 Å². The summed E-state index contributed by atoms with van der Waals surface area (Å²) in [5.41, 5.74) is 28.1. The van der Waals surface area contributed by atoms with Crippen LogP contribution in [0.25, 0.3) is 206 Å². The van der Waals surface area contributed by atoms with E-state index in [-0.39, 0.29) is 5.41 Å². The van der Waals surface area contributed by atoms with Crippen LogP contribution in [0, 0.1) is 6.92 Å². The molecule has 0 unspecified atom stereocenters. The SMILES string of the molecule is CC(C)(C)c1ccc(-c2ccc3c(c2)c2ccccc2n3-c2ccc(-c3nnc(-c4ccccc4)o3)cc2)cc1.Cc1ccc(-c2ccc3c(c2)c2ccccc2n3-c2ccc(-c3nnc(-c4ccccc4)o3)cc2)cc1.c1ccc(-c2nnc(-c3ccc(-n4c5ccccc5c5cc(-c6ccc(-c7ccc8ccccc8c7)cc6)ccc54)cc3)o2)cc1. The van der Waals surface area contributed by atoms with Crippen LogP contribution in [-0.4, -0.2) is 44.3 Å². The maximum Gasteiger partial charge on any atom is 0.248 e. The van der Waals surface area contributed by atoms with Crippen LogP contribution in [0.5, 0.6) is 0 Å². The molecule has 0 aliphatic heterocycles. The van der Waals surface area contributed by atoms with Gasteiger partial charge in [-0.3, -0.25) is 0 Å². The minimum Gasteiger partial charge on any atom is -0.416 e. The molecule has 23 aromatic rings. The van der Waals surface area contributed by atoms with Gasteiger partial charge >= 0.3 is 0 Å². The van der Waals surface area contributed by atoms with Crippen molar-refractivity contribution in [1.29, 1.82) is 0 Å². The van der Waals surface area contributed by atoms with Crippen LogP contribution in [0.1, 0.15) is 31.9 Å². The first-order valence-electron chi connectivity index (χ1n) is 41.4. The van der Waals surface area contributed by atoms with Gasteiger partial charge in [-0.15, -0.1) is 30.6 Å². The number of fused-ring (bicyclic) bond motifs is 10. The smallest absolute Gasteiger partial charge is 0.248 e. The molecule has 0 aliphatic carbocycles. The standard InChI is InChI=1S/C42H27N3O.C36H29N3O.C33H23N3O/c1-2-9-31(10-3-1)41-43-44-42(46-41)32-20-23-36(24-21-32)45-39-13-7-6-12-37(39)38-27-35(22-25-40(38)45)30-16-14-29(15-17-30)34-19-18-28-8-4-5-11-33(28)26-34;1-36(2,3)28-18-13-24(14-19-28)27-17-22-33-31(23-27)30-11-7-8-12-32(30)39(33)29-20-15-26(16-21-29)35-38-37-34(40-35)25-9-5-4-6-10-25;1-22-11-13-23(14-12-22)26-17-20-31-29(21-26)28-9-5-6-10-30(28)36(31)27-18-15-25(16-19-27)33-35-34-32(37-33)24-7-3-2-4-8-24/h1-27H;4-23H,1-3H3;2-21H,1H3. The highest BCUT2D eigenvalue weighted by Crippen LogP contribution is 2.42. The molecule has 0 bridgehead atoms. The molecule has 123 heavy (non-hydrogen) atoms. The van der Waals surface area contributed by atoms with E-state index in [1.807, 2.05) is 127 Å². The average molecular weight is 1590 g/mol. The second-order valence-electron chi connectivity index (χ2n) is 32.1. The molecule has 12 nitrogen and oxygen atoms in total. The van der Waals surface area contributed by atoms with Crippen molar-refractivity contribution >= 4 is 76.2 Å². The van der Waals surface area contributed by atoms with Gasteiger partial charge in [0.05, 0.1) is 33.1 Å². The van der Waals surface area contributed by atoms with Crippen molar-refractivity contribution in [2.24, 2.45) is 0 Å². The number of aromatic nitrogens is 9. The van der Waals surface area contributed by atoms with E-state index in [1.54, 1.807) is 0 Å². The number of para-hydroxylation sites is 3. The molecule has 0 aliphatic rings. The average Bonchev–Trinajstić information content (AvgIpc) is 1.60. The Morgan fingerprint density at radius 3 is 0.772 bits per heavy atom. The topological polar surface area (TPSA) is 132 Å². The Morgan fingerprint density at radius 2 is 0.439 bits per heavy atom. The second kappa shape index (κ2) is 31.6. The van der Waals surface area contributed by atoms with Gasteiger partial charge in [-0.05, 0) is 243 Å². The summed E-state index contributed by atoms with van der Waals surface area (Å²) in [6.45, 7) is 8.87. The maximum atomic E-state index is 6.00. The van der Waals surface area contributed by atoms with E-state index in [0.29, 0.717) is 35.3 Å². The van der Waals surface area contributed by atoms with E-state index < -0.39 is 0 Å². The zero-order chi connectivity index (χ0) is 82.5. The highest BCUT2D eigenvalue weighted by molar-refractivity contribution is 6.13. The predicted octanol–water partition coefficient (Wildman–Crippen LogP) is 28.9. The monoisotopic (exact) mass is 1590 g/mol. The fourth-order valence-corrected chi connectivity index (χ4v) is 16.8. The van der Waals surface area contributed by atoms with Crippen LogP contribution in [-0.2, 0) is 5.41 Å². The first-order chi connectivity index (χ1) is 60.5. The van der Waals surface area contributed by atoms with Gasteiger partial charge in [0, 0.05) is 82.8 Å². The van der Waals surface area contributed by atoms with Crippen molar-refractivity contribution in [2.75, 3.05) is 0 Å². The quantitative estimate of drug-likeness (QED) is 0.111. The number of hydrogen-bond acceptors (Lipinski definition) is 9. The molecule has 0 spiro atoms. The molecular weight excluding hydrogens is 1510 g/mol. The number of nitrogens with zero attached hydrogens (tertiary/aromatic N) is 9. The van der Waals surface area contributed by atoms with E-state index >= 15 is 0 Å². The third-order valence-electron chi connectivity index (χ3n) is 23.2. The first kappa shape index (κ1) is 74.4. The Morgan fingerprint density at radius 1 is 0.195 bits per heavy atom. The Kier molecular flexibility index (Phi) is 19.1. The molecule has 0 amide bonds. The van der Waals surface area contributed by atoms with E-state index in [0.717, 1.165) is 56.0 Å². The largest absolute Gasteiger partial charge is 0.416 e. The predicted molar refractivity (Wildman–Crippen MR) is 501 cm³/mol. The summed E-state index contributed by atoms with van der Waals surface area (Å²) in [6.07, 6.45) is 0. The van der Waals surface area contributed by atoms with E-state index in [4.69, 9.17) is 13.3 Å². The molecule has 0 radical (unpaired) electrons. The van der Waals surface area contributed by atoms with Crippen molar-refractivity contribution in [3.8, 4) is 130 Å². The van der Waals surface area contributed by atoms with Gasteiger partial charge in [0.25, 0.3) is 0 Å². The molecule has 12 heteroatoms. The van der Waals surface area contributed by atoms with E-state index in [9.17, 15) is 0 Å². The van der Waals surface area contributed by atoms with Crippen molar-refractivity contribution in [3.05, 3.63) is 418 Å². The summed E-state index contributed by atoms with van der Waals surface area (Å²) < 4.78 is 24.9. The number of hydrogen-bond donors (Lipinski definition) is 0. The van der Waals surface area contributed by atoms with E-state index in [1.165, 1.54) is 126 Å². The molecule has 0 atom stereocenters. The van der Waals surface area contributed by atoms with Crippen molar-refractivity contribution in [1.82, 2.24) is 44.3 Å². The fraction of sp³-hybridized carbons (Fsp3) is 0.0450. The van der Waals surface area contributed by atoms with Crippen LogP contribution in [0.15, 0.2) is 420 Å². The number of rotatable bonds is 13. The normalized spacial score (nSPS) is 11.6. The molecule has 0 N–H and O–H groups in total. The Hall–Kier alpha value is -16.2. The summed E-state index contributed by atoms with van der Waals surface area (Å²) in [4.78, 5) is 0. The van der Waals surface area contributed by atoms with Gasteiger partial charge in [-0.2, -0.15) is 0 Å². The molecule has 0 saturated carbocycles. The van der Waals surface area contributed by atoms with Crippen molar-refractivity contribution in [3.63, 3.8) is 0 Å². The zero-order valence-electron chi connectivity index (χ0n) is 67.9. The Balaban J connectivity index is 0.000000114. The van der Waals surface area contributed by atoms with Crippen LogP contribution >= 0.6 is 0 Å². The van der Waals surface area contributed by atoms with Crippen LogP contribution in [0.2, 0.25) is 0 Å². The Bertz CT molecular complexity index is 7790. The molecule has 6 aromatic heterocycles. The van der Waals surface area contributed by atoms with Crippen LogP contribution in [0.4, 0.5) is 0 Å². The minimum atomic E-state index is 0.138. The molecule has 6 heterocycles. The second-order valence-corrected chi connectivity index (χ2v) is 32.1. The van der Waals surface area contributed by atoms with E-state index in [2.05, 4.69) is 351 Å². The summed E-state index contributed by atoms with van der Waals surface area (Å²) in [5.74, 6) is 3.08. The van der Waals surface area contributed by atoms with Gasteiger partial charge in [0.15, 0.2) is 0 Å². The van der Waals surface area contributed by atoms with Gasteiger partial charge in [0.2, 0.25) is 35.3 Å². The lowest BCUT2D eigenvalue weighted by Crippen LogP contribution is -2.10. The number of benzene rings is 17. The molecule has 0 fully saturated rings. The molecule has 586 valence electrons. The molecule has 0 saturated heterocycles. The lowest BCUT2D eigenvalue weighted by atomic mass is 9.86. The summed E-state index contributed by atoms with van der Waals surface area (Å²) in [5, 5.41) is 35.5. The van der Waals surface area contributed by atoms with Crippen molar-refractivity contribution < 1.29 is 13.3 Å². The summed E-state index contributed by atoms with van der Waals surface area (Å²) >= 11 is 0. The Labute approximate surface area is 710 Å². The molecule has 23 rings (SSSR count). The van der Waals surface area contributed by atoms with Gasteiger partial charge in [-0.25, -0.2) is 0 Å². The van der Waals surface area contributed by atoms with Gasteiger partial charge < -0.3 is 27.0 Å². The summed E-state index contributed by atoms with van der Waals surface area (Å²) in [6, 6.07) is 142. The van der Waals surface area contributed by atoms with Crippen LogP contribution < -0.4 is 0 Å². The zero-order valence-corrected chi connectivity index (χ0v) is 67.9. The first-order valence-corrected chi connectivity index (χ1v) is 41.4. The third-order valence-corrected chi connectivity index (χ3v) is 23.2. The highest BCUT2D eigenvalue weighted by atomic mass is 16.4. The third kappa shape index (κ3) is 14.5. The summed E-state index contributed by atoms with van der Waals surface area (Å²) in [7, 11) is 0. The maximum absolute atomic E-state index is 6.00. The number of aryl methyl sites for hydroxylation is 1. The lowest BCUT2D eigenvalue weighted by Gasteiger charge is -2.19. The van der Waals surface area contributed by atoms with Gasteiger partial charge in [-0.1, -0.05) is 263 Å².